The van der Waals surface area contributed by atoms with Gasteiger partial charge in [-0.05, 0) is 47.7 Å². The zero-order chi connectivity index (χ0) is 27.2. The summed E-state index contributed by atoms with van der Waals surface area (Å²) >= 11 is 0. The van der Waals surface area contributed by atoms with Crippen LogP contribution in [-0.2, 0) is 16.1 Å². The lowest BCUT2D eigenvalue weighted by Crippen LogP contribution is -2.56. The Balaban J connectivity index is 1.26. The Morgan fingerprint density at radius 3 is 2.38 bits per heavy atom. The van der Waals surface area contributed by atoms with Crippen LogP contribution in [-0.4, -0.2) is 72.5 Å². The monoisotopic (exact) mass is 527 g/mol. The van der Waals surface area contributed by atoms with Crippen LogP contribution in [0.1, 0.15) is 24.8 Å². The van der Waals surface area contributed by atoms with Gasteiger partial charge in [-0.1, -0.05) is 60.7 Å². The summed E-state index contributed by atoms with van der Waals surface area (Å²) in [5.74, 6) is -0.229. The van der Waals surface area contributed by atoms with Crippen molar-refractivity contribution >= 4 is 34.2 Å². The quantitative estimate of drug-likeness (QED) is 0.193. The van der Waals surface area contributed by atoms with Crippen LogP contribution in [0.3, 0.4) is 0 Å². The first-order chi connectivity index (χ1) is 19.0. The maximum atomic E-state index is 13.9. The first-order valence-corrected chi connectivity index (χ1v) is 13.6. The average molecular weight is 528 g/mol. The maximum Gasteiger partial charge on any atom is 0.250 e. The lowest BCUT2D eigenvalue weighted by Gasteiger charge is -2.43. The van der Waals surface area contributed by atoms with Gasteiger partial charge in [-0.25, -0.2) is 0 Å². The number of rotatable bonds is 9. The summed E-state index contributed by atoms with van der Waals surface area (Å²) < 4.78 is 0. The number of nitrogens with zero attached hydrogens (tertiary/aromatic N) is 3. The number of hydrogen-bond acceptors (Lipinski definition) is 5. The Morgan fingerprint density at radius 1 is 0.923 bits per heavy atom. The van der Waals surface area contributed by atoms with Crippen LogP contribution in [0, 0.1) is 5.41 Å². The van der Waals surface area contributed by atoms with E-state index in [1.54, 1.807) is 4.90 Å². The van der Waals surface area contributed by atoms with Gasteiger partial charge in [0.1, 0.15) is 12.1 Å². The van der Waals surface area contributed by atoms with E-state index in [0.29, 0.717) is 39.0 Å². The van der Waals surface area contributed by atoms with Gasteiger partial charge in [0.25, 0.3) is 0 Å². The highest BCUT2D eigenvalue weighted by Crippen LogP contribution is 2.39. The first kappa shape index (κ1) is 26.5. The molecular weight excluding hydrogens is 490 g/mol. The van der Waals surface area contributed by atoms with E-state index in [4.69, 9.17) is 11.1 Å². The van der Waals surface area contributed by atoms with Crippen LogP contribution < -0.4 is 21.3 Å². The number of amides is 2. The Morgan fingerprint density at radius 2 is 1.62 bits per heavy atom. The third kappa shape index (κ3) is 5.83. The molecular formula is C30H37N7O2. The van der Waals surface area contributed by atoms with Gasteiger partial charge in [0, 0.05) is 38.4 Å². The molecule has 0 unspecified atom stereocenters. The molecule has 2 amide bonds. The zero-order valence-corrected chi connectivity index (χ0v) is 22.2. The summed E-state index contributed by atoms with van der Waals surface area (Å²) in [6, 6.07) is 25.0. The molecule has 9 heteroatoms. The number of fused-ring (bicyclic) bond motifs is 1. The van der Waals surface area contributed by atoms with Gasteiger partial charge in [-0.2, -0.15) is 0 Å². The van der Waals surface area contributed by atoms with Gasteiger partial charge < -0.3 is 26.2 Å². The van der Waals surface area contributed by atoms with Gasteiger partial charge in [0.15, 0.2) is 5.96 Å². The molecule has 3 aromatic rings. The SMILES string of the molecule is N=C(N)NCCCNC(=O)CN1CN(c2ccccc2)C2(CCN(Cc3cccc4ccccc34)CC2)C1=O. The van der Waals surface area contributed by atoms with Gasteiger partial charge in [0.05, 0.1) is 6.67 Å². The lowest BCUT2D eigenvalue weighted by atomic mass is 9.85. The molecule has 5 N–H and O–H groups in total. The van der Waals surface area contributed by atoms with E-state index in [1.165, 1.54) is 16.3 Å². The van der Waals surface area contributed by atoms with E-state index >= 15 is 0 Å². The van der Waals surface area contributed by atoms with Crippen molar-refractivity contribution < 1.29 is 9.59 Å². The van der Waals surface area contributed by atoms with Crippen LogP contribution in [0.5, 0.6) is 0 Å². The van der Waals surface area contributed by atoms with E-state index < -0.39 is 5.54 Å². The number of nitrogens with one attached hydrogen (secondary N) is 3. The molecule has 2 heterocycles. The summed E-state index contributed by atoms with van der Waals surface area (Å²) in [7, 11) is 0. The highest BCUT2D eigenvalue weighted by Gasteiger charge is 2.53. The van der Waals surface area contributed by atoms with E-state index in [9.17, 15) is 9.59 Å². The number of carbonyl (C=O) groups excluding carboxylic acids is 2. The molecule has 2 fully saturated rings. The van der Waals surface area contributed by atoms with Gasteiger partial charge in [-0.15, -0.1) is 0 Å². The van der Waals surface area contributed by atoms with Crippen LogP contribution in [0.4, 0.5) is 5.69 Å². The topological polar surface area (TPSA) is 118 Å². The molecule has 0 aromatic heterocycles. The standard InChI is InChI=1S/C30H37N7O2/c31-29(32)34-17-7-16-33-27(38)21-36-22-37(25-11-2-1-3-12-25)30(28(36)39)14-18-35(19-15-30)20-24-10-6-9-23-8-4-5-13-26(23)24/h1-6,8-13H,7,14-22H2,(H,33,38)(H4,31,32,34). The van der Waals surface area contributed by atoms with Crippen LogP contribution >= 0.6 is 0 Å². The van der Waals surface area contributed by atoms with Crippen molar-refractivity contribution in [3.8, 4) is 0 Å². The molecule has 0 aliphatic carbocycles. The molecule has 2 saturated heterocycles. The molecule has 0 saturated carbocycles. The minimum Gasteiger partial charge on any atom is -0.370 e. The second kappa shape index (κ2) is 11.7. The first-order valence-electron chi connectivity index (χ1n) is 13.6. The van der Waals surface area contributed by atoms with E-state index in [0.717, 1.165) is 25.3 Å². The average Bonchev–Trinajstić information content (AvgIpc) is 3.21. The molecule has 0 bridgehead atoms. The molecule has 5 rings (SSSR count). The third-order valence-electron chi connectivity index (χ3n) is 7.86. The number of carbonyl (C=O) groups is 2. The van der Waals surface area contributed by atoms with Crippen molar-refractivity contribution in [2.75, 3.05) is 44.3 Å². The largest absolute Gasteiger partial charge is 0.370 e. The lowest BCUT2D eigenvalue weighted by molar-refractivity contribution is -0.137. The van der Waals surface area contributed by atoms with Gasteiger partial charge in [-0.3, -0.25) is 19.9 Å². The number of guanidine groups is 1. The minimum absolute atomic E-state index is 0.0315. The molecule has 204 valence electrons. The molecule has 39 heavy (non-hydrogen) atoms. The smallest absolute Gasteiger partial charge is 0.250 e. The molecule has 3 aromatic carbocycles. The fourth-order valence-electron chi connectivity index (χ4n) is 5.84. The number of benzene rings is 3. The van der Waals surface area contributed by atoms with E-state index in [2.05, 4.69) is 62.9 Å². The fraction of sp³-hybridized carbons (Fsp3) is 0.367. The number of nitrogens with two attached hydrogens (primary N) is 1. The van der Waals surface area contributed by atoms with E-state index in [1.807, 2.05) is 30.3 Å². The van der Waals surface area contributed by atoms with Crippen LogP contribution in [0.2, 0.25) is 0 Å². The van der Waals surface area contributed by atoms with Gasteiger partial charge >= 0.3 is 0 Å². The number of likely N-dealkylation sites (tertiary alicyclic amines) is 1. The summed E-state index contributed by atoms with van der Waals surface area (Å²) in [6.45, 7) is 3.86. The van der Waals surface area contributed by atoms with Crippen LogP contribution in [0.25, 0.3) is 10.8 Å². The minimum atomic E-state index is -0.650. The molecule has 0 atom stereocenters. The number of hydrogen-bond donors (Lipinski definition) is 4. The Bertz CT molecular complexity index is 1320. The number of piperidine rings is 1. The van der Waals surface area contributed by atoms with Gasteiger partial charge in [0.2, 0.25) is 11.8 Å². The molecule has 9 nitrogen and oxygen atoms in total. The van der Waals surface area contributed by atoms with Crippen molar-refractivity contribution in [3.63, 3.8) is 0 Å². The van der Waals surface area contributed by atoms with Crippen molar-refractivity contribution in [2.45, 2.75) is 31.3 Å². The fourth-order valence-corrected chi connectivity index (χ4v) is 5.84. The molecule has 2 aliphatic heterocycles. The molecule has 1 spiro atoms. The summed E-state index contributed by atoms with van der Waals surface area (Å²) in [5, 5.41) is 15.3. The summed E-state index contributed by atoms with van der Waals surface area (Å²) in [6.07, 6.45) is 2.06. The van der Waals surface area contributed by atoms with Crippen molar-refractivity contribution in [1.82, 2.24) is 20.4 Å². The molecule has 2 aliphatic rings. The van der Waals surface area contributed by atoms with Crippen LogP contribution in [0.15, 0.2) is 72.8 Å². The second-order valence-electron chi connectivity index (χ2n) is 10.4. The normalized spacial score (nSPS) is 17.1. The maximum absolute atomic E-state index is 13.9. The Hall–Kier alpha value is -4.11. The van der Waals surface area contributed by atoms with Crippen molar-refractivity contribution in [3.05, 3.63) is 78.4 Å². The number of para-hydroxylation sites is 1. The van der Waals surface area contributed by atoms with E-state index in [-0.39, 0.29) is 24.3 Å². The Kier molecular flexibility index (Phi) is 7.97. The van der Waals surface area contributed by atoms with Crippen molar-refractivity contribution in [2.24, 2.45) is 5.73 Å². The molecule has 0 radical (unpaired) electrons. The highest BCUT2D eigenvalue weighted by molar-refractivity contribution is 5.96. The van der Waals surface area contributed by atoms with Crippen molar-refractivity contribution in [1.29, 1.82) is 5.41 Å². The zero-order valence-electron chi connectivity index (χ0n) is 22.2. The highest BCUT2D eigenvalue weighted by atomic mass is 16.2. The summed E-state index contributed by atoms with van der Waals surface area (Å²) in [5.41, 5.74) is 6.95. The predicted molar refractivity (Wildman–Crippen MR) is 154 cm³/mol. The second-order valence-corrected chi connectivity index (χ2v) is 10.4. The number of anilines is 1. The Labute approximate surface area is 229 Å². The summed E-state index contributed by atoms with van der Waals surface area (Å²) in [4.78, 5) is 33.0. The predicted octanol–water partition coefficient (Wildman–Crippen LogP) is 2.47. The third-order valence-corrected chi connectivity index (χ3v) is 7.86.